The van der Waals surface area contributed by atoms with E-state index in [4.69, 9.17) is 4.74 Å². The van der Waals surface area contributed by atoms with Crippen molar-refractivity contribution in [3.05, 3.63) is 53.4 Å². The quantitative estimate of drug-likeness (QED) is 0.271. The molecule has 2 aliphatic rings. The minimum absolute atomic E-state index is 0.0734. The van der Waals surface area contributed by atoms with Crippen molar-refractivity contribution in [3.8, 4) is 5.75 Å². The molecule has 2 aromatic heterocycles. The highest BCUT2D eigenvalue weighted by molar-refractivity contribution is 6.27. The van der Waals surface area contributed by atoms with Gasteiger partial charge in [-0.1, -0.05) is 6.42 Å². The first-order valence-corrected chi connectivity index (χ1v) is 12.8. The number of halogens is 7. The molecule has 1 aliphatic heterocycles. The molecule has 1 fully saturated rings. The molecule has 0 bridgehead atoms. The molecule has 0 saturated heterocycles. The van der Waals surface area contributed by atoms with Crippen LogP contribution in [0.25, 0.3) is 11.1 Å². The second-order valence-corrected chi connectivity index (χ2v) is 10.1. The number of hydrogen-bond donors (Lipinski definition) is 2. The number of aromatic amines is 1. The van der Waals surface area contributed by atoms with Gasteiger partial charge in [-0.05, 0) is 59.4 Å². The molecule has 0 spiro atoms. The largest absolute Gasteiger partial charge is 0.493 e. The van der Waals surface area contributed by atoms with Crippen LogP contribution in [0, 0.1) is 11.7 Å². The Kier molecular flexibility index (Phi) is 7.50. The van der Waals surface area contributed by atoms with Gasteiger partial charge in [-0.15, -0.1) is 5.10 Å². The zero-order valence-electron chi connectivity index (χ0n) is 21.3. The van der Waals surface area contributed by atoms with Gasteiger partial charge in [0.05, 0.1) is 17.9 Å². The maximum atomic E-state index is 15.3. The van der Waals surface area contributed by atoms with Crippen molar-refractivity contribution >= 4 is 17.1 Å². The normalized spacial score (nSPS) is 20.2. The second kappa shape index (κ2) is 10.8. The monoisotopic (exact) mass is 587 g/mol. The van der Waals surface area contributed by atoms with Crippen molar-refractivity contribution in [2.45, 2.75) is 63.0 Å². The number of hydrogen-bond acceptors (Lipinski definition) is 6. The van der Waals surface area contributed by atoms with Crippen LogP contribution in [0.3, 0.4) is 0 Å². The van der Waals surface area contributed by atoms with Crippen LogP contribution in [0.1, 0.15) is 55.6 Å². The zero-order chi connectivity index (χ0) is 29.4. The van der Waals surface area contributed by atoms with Gasteiger partial charge in [0.1, 0.15) is 11.6 Å². The number of tetrazole rings is 1. The third-order valence-corrected chi connectivity index (χ3v) is 7.26. The molecule has 3 aromatic rings. The SMILES string of the molecule is O=C1N[C@@](c2ccc(OCCCC(F)(F)F)cc2F)(C(F)(F)F)CC(c2ccn(CC3CCC3)n2)=C1c1nnn[nH]1. The summed E-state index contributed by atoms with van der Waals surface area (Å²) in [6.07, 6.45) is -7.39. The van der Waals surface area contributed by atoms with Crippen LogP contribution in [0.2, 0.25) is 0 Å². The average molecular weight is 588 g/mol. The Morgan fingerprint density at radius 3 is 2.51 bits per heavy atom. The first kappa shape index (κ1) is 28.5. The highest BCUT2D eigenvalue weighted by Crippen LogP contribution is 2.50. The maximum Gasteiger partial charge on any atom is 0.416 e. The first-order chi connectivity index (χ1) is 19.4. The Balaban J connectivity index is 1.51. The van der Waals surface area contributed by atoms with Gasteiger partial charge in [-0.2, -0.15) is 31.4 Å². The van der Waals surface area contributed by atoms with Crippen LogP contribution < -0.4 is 10.1 Å². The second-order valence-electron chi connectivity index (χ2n) is 10.1. The summed E-state index contributed by atoms with van der Waals surface area (Å²) in [5.74, 6) is -2.63. The summed E-state index contributed by atoms with van der Waals surface area (Å²) in [4.78, 5) is 13.3. The predicted octanol–water partition coefficient (Wildman–Crippen LogP) is 4.95. The molecule has 1 amide bonds. The van der Waals surface area contributed by atoms with Gasteiger partial charge in [0.15, 0.2) is 11.4 Å². The van der Waals surface area contributed by atoms with Crippen LogP contribution in [0.5, 0.6) is 5.75 Å². The first-order valence-electron chi connectivity index (χ1n) is 12.8. The lowest BCUT2D eigenvalue weighted by Gasteiger charge is -2.41. The van der Waals surface area contributed by atoms with E-state index in [-0.39, 0.29) is 28.4 Å². The third-order valence-electron chi connectivity index (χ3n) is 7.26. The fourth-order valence-electron chi connectivity index (χ4n) is 4.97. The van der Waals surface area contributed by atoms with Gasteiger partial charge in [0.25, 0.3) is 5.91 Å². The number of rotatable bonds is 9. The minimum atomic E-state index is -5.19. The number of nitrogens with one attached hydrogen (secondary N) is 2. The predicted molar refractivity (Wildman–Crippen MR) is 128 cm³/mol. The van der Waals surface area contributed by atoms with E-state index in [1.54, 1.807) is 10.9 Å². The number of benzene rings is 1. The number of H-pyrrole nitrogens is 1. The van der Waals surface area contributed by atoms with Gasteiger partial charge >= 0.3 is 12.4 Å². The van der Waals surface area contributed by atoms with Crippen molar-refractivity contribution in [2.75, 3.05) is 6.61 Å². The molecule has 3 heterocycles. The maximum absolute atomic E-state index is 15.3. The van der Waals surface area contributed by atoms with E-state index >= 15 is 4.39 Å². The Morgan fingerprint density at radius 1 is 1.12 bits per heavy atom. The molecule has 9 nitrogen and oxygen atoms in total. The van der Waals surface area contributed by atoms with E-state index in [1.807, 2.05) is 5.32 Å². The smallest absolute Gasteiger partial charge is 0.416 e. The molecule has 41 heavy (non-hydrogen) atoms. The number of carbonyl (C=O) groups is 1. The number of alkyl halides is 6. The summed E-state index contributed by atoms with van der Waals surface area (Å²) >= 11 is 0. The number of aromatic nitrogens is 6. The molecular weight excluding hydrogens is 563 g/mol. The van der Waals surface area contributed by atoms with Crippen molar-refractivity contribution in [1.82, 2.24) is 35.7 Å². The van der Waals surface area contributed by atoms with E-state index in [0.29, 0.717) is 18.5 Å². The van der Waals surface area contributed by atoms with E-state index in [9.17, 15) is 31.1 Å². The number of carbonyl (C=O) groups excluding carboxylic acids is 1. The fourth-order valence-corrected chi connectivity index (χ4v) is 4.97. The Hall–Kier alpha value is -3.98. The molecule has 5 rings (SSSR count). The molecule has 0 unspecified atom stereocenters. The summed E-state index contributed by atoms with van der Waals surface area (Å²) in [6.45, 7) is 0.132. The van der Waals surface area contributed by atoms with Crippen molar-refractivity contribution in [1.29, 1.82) is 0 Å². The lowest BCUT2D eigenvalue weighted by atomic mass is 9.77. The Bertz CT molecular complexity index is 1430. The van der Waals surface area contributed by atoms with E-state index in [0.717, 1.165) is 31.4 Å². The molecule has 0 radical (unpaired) electrons. The summed E-state index contributed by atoms with van der Waals surface area (Å²) in [5, 5.41) is 19.3. The Morgan fingerprint density at radius 2 is 1.90 bits per heavy atom. The third kappa shape index (κ3) is 5.91. The summed E-state index contributed by atoms with van der Waals surface area (Å²) in [6, 6.07) is 3.94. The van der Waals surface area contributed by atoms with Crippen LogP contribution in [-0.2, 0) is 16.9 Å². The number of amides is 1. The summed E-state index contributed by atoms with van der Waals surface area (Å²) in [7, 11) is 0. The van der Waals surface area contributed by atoms with Crippen molar-refractivity contribution in [3.63, 3.8) is 0 Å². The number of nitrogens with zero attached hydrogens (tertiary/aromatic N) is 5. The van der Waals surface area contributed by atoms with Gasteiger partial charge in [-0.3, -0.25) is 9.48 Å². The van der Waals surface area contributed by atoms with Crippen LogP contribution in [0.4, 0.5) is 30.7 Å². The van der Waals surface area contributed by atoms with Crippen molar-refractivity contribution in [2.24, 2.45) is 5.92 Å². The van der Waals surface area contributed by atoms with Gasteiger partial charge in [0.2, 0.25) is 0 Å². The molecular formula is C25H24F7N7O2. The van der Waals surface area contributed by atoms with E-state index < -0.39 is 61.0 Å². The minimum Gasteiger partial charge on any atom is -0.493 e. The highest BCUT2D eigenvalue weighted by atomic mass is 19.4. The topological polar surface area (TPSA) is 111 Å². The lowest BCUT2D eigenvalue weighted by molar-refractivity contribution is -0.202. The molecule has 1 aromatic carbocycles. The molecule has 1 saturated carbocycles. The van der Waals surface area contributed by atoms with Crippen LogP contribution in [-0.4, -0.2) is 55.3 Å². The molecule has 1 aliphatic carbocycles. The summed E-state index contributed by atoms with van der Waals surface area (Å²) in [5.41, 5.74) is -4.46. The van der Waals surface area contributed by atoms with Gasteiger partial charge in [-0.25, -0.2) is 9.49 Å². The van der Waals surface area contributed by atoms with E-state index in [2.05, 4.69) is 25.7 Å². The zero-order valence-corrected chi connectivity index (χ0v) is 21.3. The van der Waals surface area contributed by atoms with E-state index in [1.165, 1.54) is 6.07 Å². The molecule has 220 valence electrons. The van der Waals surface area contributed by atoms with Crippen LogP contribution in [0.15, 0.2) is 30.5 Å². The standard InChI is InChI=1S/C25H24F7N7O2/c26-18-11-15(41-10-2-8-24(27,28)29)5-6-17(18)23(25(30,31)32)12-16(20(22(40)33-23)21-34-37-38-35-21)19-7-9-39(36-19)13-14-3-1-4-14/h5-7,9,11,14H,1-4,8,10,12-13H2,(H,33,40)(H,34,35,37,38)/t23-/m0/s1. The number of ether oxygens (including phenoxy) is 1. The van der Waals surface area contributed by atoms with Gasteiger partial charge < -0.3 is 10.1 Å². The lowest BCUT2D eigenvalue weighted by Crippen LogP contribution is -2.59. The molecule has 1 atom stereocenters. The molecule has 16 heteroatoms. The van der Waals surface area contributed by atoms with Crippen LogP contribution >= 0.6 is 0 Å². The fraction of sp³-hybridized carbons (Fsp3) is 0.480. The highest BCUT2D eigenvalue weighted by Gasteiger charge is 2.61. The van der Waals surface area contributed by atoms with Gasteiger partial charge in [0, 0.05) is 37.2 Å². The summed E-state index contributed by atoms with van der Waals surface area (Å²) < 4.78 is 104. The van der Waals surface area contributed by atoms with Crippen molar-refractivity contribution < 1.29 is 40.3 Å². The average Bonchev–Trinajstić information content (AvgIpc) is 3.55. The Labute approximate surface area is 228 Å². The molecule has 2 N–H and O–H groups in total.